The first-order chi connectivity index (χ1) is 33.0. The van der Waals surface area contributed by atoms with Gasteiger partial charge in [-0.25, -0.2) is 0 Å². The molecule has 0 radical (unpaired) electrons. The SMILES string of the molecule is CC/C=C\C/C=C\C/C=C\C/C=C\C/C=C\CCCCCCCCCCCCCCCCCCCCCC(=O)NC(COP(=O)([O-])OCC[N+](C)(C)C)C(O)/C=C/CCCCCCCCCCC. The van der Waals surface area contributed by atoms with Gasteiger partial charge < -0.3 is 28.8 Å². The van der Waals surface area contributed by atoms with Crippen molar-refractivity contribution in [1.29, 1.82) is 0 Å². The van der Waals surface area contributed by atoms with Crippen molar-refractivity contribution < 1.29 is 32.9 Å². The van der Waals surface area contributed by atoms with E-state index in [0.29, 0.717) is 17.4 Å². The average molecular weight is 974 g/mol. The lowest BCUT2D eigenvalue weighted by molar-refractivity contribution is -0.870. The fraction of sp³-hybridized carbons (Fsp3) is 0.780. The van der Waals surface area contributed by atoms with Gasteiger partial charge in [-0.1, -0.05) is 247 Å². The molecule has 0 saturated heterocycles. The van der Waals surface area contributed by atoms with Gasteiger partial charge in [0.15, 0.2) is 0 Å². The van der Waals surface area contributed by atoms with Gasteiger partial charge >= 0.3 is 0 Å². The molecule has 0 rings (SSSR count). The number of hydrogen-bond acceptors (Lipinski definition) is 6. The highest BCUT2D eigenvalue weighted by atomic mass is 31.2. The molecule has 8 nitrogen and oxygen atoms in total. The summed E-state index contributed by atoms with van der Waals surface area (Å²) in [7, 11) is 1.26. The van der Waals surface area contributed by atoms with Crippen molar-refractivity contribution in [2.45, 2.75) is 257 Å². The minimum absolute atomic E-state index is 0.00168. The Kier molecular flexibility index (Phi) is 48.4. The fourth-order valence-electron chi connectivity index (χ4n) is 8.00. The van der Waals surface area contributed by atoms with Crippen LogP contribution in [0.25, 0.3) is 0 Å². The Morgan fingerprint density at radius 2 is 0.897 bits per heavy atom. The normalized spacial score (nSPS) is 14.5. The maximum atomic E-state index is 12.9. The van der Waals surface area contributed by atoms with Crippen LogP contribution in [0.15, 0.2) is 72.9 Å². The Balaban J connectivity index is 3.96. The highest BCUT2D eigenvalue weighted by Gasteiger charge is 2.23. The Morgan fingerprint density at radius 3 is 1.31 bits per heavy atom. The Hall–Kier alpha value is -2.06. The lowest BCUT2D eigenvalue weighted by atomic mass is 10.0. The molecule has 0 aliphatic rings. The molecule has 3 atom stereocenters. The van der Waals surface area contributed by atoms with Gasteiger partial charge in [0.25, 0.3) is 7.82 Å². The number of phosphoric ester groups is 1. The van der Waals surface area contributed by atoms with Crippen LogP contribution in [-0.4, -0.2) is 68.5 Å². The molecule has 0 aromatic heterocycles. The average Bonchev–Trinajstić information content (AvgIpc) is 3.30. The van der Waals surface area contributed by atoms with Crippen molar-refractivity contribution in [1.82, 2.24) is 5.32 Å². The number of aliphatic hydroxyl groups is 1. The predicted octanol–water partition coefficient (Wildman–Crippen LogP) is 16.5. The minimum atomic E-state index is -4.59. The molecule has 0 aliphatic heterocycles. The van der Waals surface area contributed by atoms with Gasteiger partial charge in [0, 0.05) is 6.42 Å². The third-order valence-electron chi connectivity index (χ3n) is 12.4. The quantitative estimate of drug-likeness (QED) is 0.0272. The molecule has 0 bridgehead atoms. The van der Waals surface area contributed by atoms with Gasteiger partial charge in [-0.2, -0.15) is 0 Å². The molecule has 0 heterocycles. The number of carbonyl (C=O) groups excluding carboxylic acids is 1. The third kappa shape index (κ3) is 51.8. The van der Waals surface area contributed by atoms with E-state index in [1.165, 1.54) is 154 Å². The molecule has 68 heavy (non-hydrogen) atoms. The number of likely N-dealkylation sites (N-methyl/N-ethyl adjacent to an activating group) is 1. The summed E-state index contributed by atoms with van der Waals surface area (Å²) >= 11 is 0. The zero-order valence-corrected chi connectivity index (χ0v) is 45.9. The van der Waals surface area contributed by atoms with Crippen LogP contribution in [0.1, 0.15) is 245 Å². The number of nitrogens with zero attached hydrogens (tertiary/aromatic N) is 1. The zero-order valence-electron chi connectivity index (χ0n) is 45.0. The molecule has 0 fully saturated rings. The highest BCUT2D eigenvalue weighted by molar-refractivity contribution is 7.45. The molecule has 2 N–H and O–H groups in total. The van der Waals surface area contributed by atoms with Crippen molar-refractivity contribution >= 4 is 13.7 Å². The second-order valence-corrected chi connectivity index (χ2v) is 21.7. The summed E-state index contributed by atoms with van der Waals surface area (Å²) in [5.41, 5.74) is 0. The molecule has 9 heteroatoms. The van der Waals surface area contributed by atoms with E-state index in [1.54, 1.807) is 6.08 Å². The summed E-state index contributed by atoms with van der Waals surface area (Å²) < 4.78 is 23.3. The van der Waals surface area contributed by atoms with E-state index >= 15 is 0 Å². The van der Waals surface area contributed by atoms with Gasteiger partial charge in [0.2, 0.25) is 5.91 Å². The first-order valence-electron chi connectivity index (χ1n) is 28.3. The Labute approximate surface area is 421 Å². The van der Waals surface area contributed by atoms with Crippen LogP contribution in [0.4, 0.5) is 0 Å². The number of carbonyl (C=O) groups is 1. The predicted molar refractivity (Wildman–Crippen MR) is 293 cm³/mol. The smallest absolute Gasteiger partial charge is 0.268 e. The molecule has 1 amide bonds. The topological polar surface area (TPSA) is 108 Å². The molecule has 0 aliphatic carbocycles. The largest absolute Gasteiger partial charge is 0.756 e. The summed E-state index contributed by atoms with van der Waals surface area (Å²) in [6, 6.07) is -0.886. The summed E-state index contributed by atoms with van der Waals surface area (Å²) in [4.78, 5) is 25.4. The summed E-state index contributed by atoms with van der Waals surface area (Å²) in [5, 5.41) is 13.8. The molecule has 0 spiro atoms. The van der Waals surface area contributed by atoms with E-state index in [2.05, 4.69) is 79.9 Å². The number of amides is 1. The number of phosphoric acid groups is 1. The number of quaternary nitrogens is 1. The maximum absolute atomic E-state index is 12.9. The number of allylic oxidation sites excluding steroid dienone is 11. The number of unbranched alkanes of at least 4 members (excludes halogenated alkanes) is 28. The van der Waals surface area contributed by atoms with Crippen LogP contribution in [0, 0.1) is 0 Å². The number of rotatable bonds is 51. The highest BCUT2D eigenvalue weighted by Crippen LogP contribution is 2.38. The summed E-state index contributed by atoms with van der Waals surface area (Å²) in [5.74, 6) is -0.198. The monoisotopic (exact) mass is 973 g/mol. The second-order valence-electron chi connectivity index (χ2n) is 20.3. The molecule has 0 aromatic rings. The van der Waals surface area contributed by atoms with Crippen molar-refractivity contribution in [2.75, 3.05) is 40.9 Å². The molecule has 3 unspecified atom stereocenters. The number of aliphatic hydroxyl groups excluding tert-OH is 1. The second kappa shape index (κ2) is 49.9. The van der Waals surface area contributed by atoms with E-state index in [0.717, 1.165) is 70.6 Å². The van der Waals surface area contributed by atoms with E-state index in [-0.39, 0.29) is 19.1 Å². The molecular weight excluding hydrogens is 864 g/mol. The van der Waals surface area contributed by atoms with Crippen LogP contribution >= 0.6 is 7.82 Å². The van der Waals surface area contributed by atoms with Crippen LogP contribution in [-0.2, 0) is 18.4 Å². The van der Waals surface area contributed by atoms with E-state index in [9.17, 15) is 19.4 Å². The minimum Gasteiger partial charge on any atom is -0.756 e. The summed E-state index contributed by atoms with van der Waals surface area (Å²) in [6.45, 7) is 4.52. The first-order valence-corrected chi connectivity index (χ1v) is 29.8. The van der Waals surface area contributed by atoms with Crippen molar-refractivity contribution in [3.63, 3.8) is 0 Å². The number of nitrogens with one attached hydrogen (secondary N) is 1. The van der Waals surface area contributed by atoms with Gasteiger partial charge in [-0.15, -0.1) is 0 Å². The Morgan fingerprint density at radius 1 is 0.529 bits per heavy atom. The van der Waals surface area contributed by atoms with Crippen LogP contribution in [0.5, 0.6) is 0 Å². The summed E-state index contributed by atoms with van der Waals surface area (Å²) in [6.07, 6.45) is 68.5. The van der Waals surface area contributed by atoms with Gasteiger partial charge in [0.05, 0.1) is 39.9 Å². The van der Waals surface area contributed by atoms with Crippen molar-refractivity contribution in [3.8, 4) is 0 Å². The van der Waals surface area contributed by atoms with Crippen molar-refractivity contribution in [3.05, 3.63) is 72.9 Å². The van der Waals surface area contributed by atoms with Crippen LogP contribution < -0.4 is 10.2 Å². The molecule has 396 valence electrons. The van der Waals surface area contributed by atoms with Gasteiger partial charge in [-0.3, -0.25) is 9.36 Å². The van der Waals surface area contributed by atoms with Crippen LogP contribution in [0.3, 0.4) is 0 Å². The zero-order chi connectivity index (χ0) is 49.9. The maximum Gasteiger partial charge on any atom is 0.268 e. The van der Waals surface area contributed by atoms with E-state index in [4.69, 9.17) is 9.05 Å². The van der Waals surface area contributed by atoms with Crippen molar-refractivity contribution in [2.24, 2.45) is 0 Å². The molecule has 0 saturated carbocycles. The van der Waals surface area contributed by atoms with Crippen LogP contribution in [0.2, 0.25) is 0 Å². The van der Waals surface area contributed by atoms with E-state index < -0.39 is 20.0 Å². The molecular formula is C59H109N2O6P. The number of hydrogen-bond donors (Lipinski definition) is 2. The lowest BCUT2D eigenvalue weighted by Crippen LogP contribution is -2.45. The first kappa shape index (κ1) is 65.9. The fourth-order valence-corrected chi connectivity index (χ4v) is 8.73. The third-order valence-corrected chi connectivity index (χ3v) is 13.4. The lowest BCUT2D eigenvalue weighted by Gasteiger charge is -2.29. The molecule has 0 aromatic carbocycles. The van der Waals surface area contributed by atoms with E-state index in [1.807, 2.05) is 27.2 Å². The van der Waals surface area contributed by atoms with Gasteiger partial charge in [-0.05, 0) is 64.2 Å². The Bertz CT molecular complexity index is 1330. The van der Waals surface area contributed by atoms with Gasteiger partial charge in [0.1, 0.15) is 13.2 Å². The standard InChI is InChI=1S/C59H109N2O6P/c1-6-8-10-12-14-16-18-19-20-21-22-23-24-25-26-27-28-29-30-31-32-33-34-35-36-37-38-39-40-41-43-45-47-49-51-53-59(63)60-57(56-67-68(64,65)66-55-54-61(3,4)5)58(62)52-50-48-46-44-42-17-15-13-11-9-7-2/h8,10,14,16,19-20,22-23,25-26,50,52,57-58,62H,6-7,9,11-13,15,17-18,21,24,27-49,51,53-56H2,1-5H3,(H-,60,63,64,65)/b10-8-,16-14-,20-19-,23-22-,26-25-,52-50+.